The van der Waals surface area contributed by atoms with Crippen molar-refractivity contribution in [3.63, 3.8) is 0 Å². The summed E-state index contributed by atoms with van der Waals surface area (Å²) in [5.74, 6) is 0.0924. The van der Waals surface area contributed by atoms with Crippen molar-refractivity contribution in [2.24, 2.45) is 0 Å². The molecular weight excluding hydrogens is 362 g/mol. The maximum atomic E-state index is 11.6. The van der Waals surface area contributed by atoms with Crippen LogP contribution in [-0.2, 0) is 6.54 Å². The van der Waals surface area contributed by atoms with Crippen molar-refractivity contribution in [2.75, 3.05) is 17.2 Å². The lowest BCUT2D eigenvalue weighted by atomic mass is 10.1. The van der Waals surface area contributed by atoms with Gasteiger partial charge in [-0.2, -0.15) is 0 Å². The molecule has 10 heteroatoms. The minimum atomic E-state index is -0.532. The summed E-state index contributed by atoms with van der Waals surface area (Å²) in [5, 5.41) is 17.5. The monoisotopic (exact) mass is 381 g/mol. The summed E-state index contributed by atoms with van der Waals surface area (Å²) in [5.41, 5.74) is 0.776. The molecule has 0 saturated carbocycles. The van der Waals surface area contributed by atoms with E-state index >= 15 is 0 Å². The first kappa shape index (κ1) is 19.0. The van der Waals surface area contributed by atoms with Crippen molar-refractivity contribution in [1.29, 1.82) is 0 Å². The van der Waals surface area contributed by atoms with Gasteiger partial charge in [0.05, 0.1) is 11.3 Å². The third-order valence-electron chi connectivity index (χ3n) is 3.98. The molecule has 3 rings (SSSR count). The standard InChI is InChI=1S/C18H19N7O3/c1-13(26)14-4-2-5-15(10-14)23-18-16(25(27)28)17(21-11-22-18)20-6-3-8-24-9-7-19-12-24/h2,4-5,7,9-12H,3,6,8H2,1H3,(H2,20,21,22,23). The van der Waals surface area contributed by atoms with Crippen LogP contribution in [0.1, 0.15) is 23.7 Å². The van der Waals surface area contributed by atoms with E-state index in [9.17, 15) is 14.9 Å². The van der Waals surface area contributed by atoms with Gasteiger partial charge in [0.25, 0.3) is 0 Å². The highest BCUT2D eigenvalue weighted by Crippen LogP contribution is 2.31. The largest absolute Gasteiger partial charge is 0.364 e. The number of nitro groups is 1. The minimum Gasteiger partial charge on any atom is -0.364 e. The van der Waals surface area contributed by atoms with Gasteiger partial charge in [-0.25, -0.2) is 15.0 Å². The number of hydrogen-bond donors (Lipinski definition) is 2. The topological polar surface area (TPSA) is 128 Å². The van der Waals surface area contributed by atoms with E-state index in [1.807, 2.05) is 10.8 Å². The average molecular weight is 381 g/mol. The van der Waals surface area contributed by atoms with Gasteiger partial charge in [-0.05, 0) is 25.5 Å². The second-order valence-electron chi connectivity index (χ2n) is 6.02. The molecule has 28 heavy (non-hydrogen) atoms. The normalized spacial score (nSPS) is 10.5. The Balaban J connectivity index is 1.74. The lowest BCUT2D eigenvalue weighted by molar-refractivity contribution is -0.383. The number of carbonyl (C=O) groups is 1. The Morgan fingerprint density at radius 1 is 1.29 bits per heavy atom. The van der Waals surface area contributed by atoms with Crippen molar-refractivity contribution in [3.8, 4) is 0 Å². The van der Waals surface area contributed by atoms with Crippen LogP contribution < -0.4 is 10.6 Å². The summed E-state index contributed by atoms with van der Waals surface area (Å²) in [6, 6.07) is 6.69. The van der Waals surface area contributed by atoms with Gasteiger partial charge >= 0.3 is 5.69 Å². The number of Topliss-reactive ketones (excluding diaryl/α,β-unsaturated/α-hetero) is 1. The Morgan fingerprint density at radius 3 is 2.82 bits per heavy atom. The first-order valence-corrected chi connectivity index (χ1v) is 8.61. The molecular formula is C18H19N7O3. The number of aromatic nitrogens is 4. The van der Waals surface area contributed by atoms with Crippen LogP contribution in [0.15, 0.2) is 49.3 Å². The number of anilines is 3. The molecule has 2 heterocycles. The number of rotatable bonds is 9. The van der Waals surface area contributed by atoms with Crippen LogP contribution in [0.25, 0.3) is 0 Å². The van der Waals surface area contributed by atoms with Gasteiger partial charge in [-0.15, -0.1) is 0 Å². The van der Waals surface area contributed by atoms with Gasteiger partial charge in [-0.1, -0.05) is 12.1 Å². The number of aryl methyl sites for hydroxylation is 1. The number of benzene rings is 1. The fourth-order valence-electron chi connectivity index (χ4n) is 2.61. The quantitative estimate of drug-likeness (QED) is 0.250. The average Bonchev–Trinajstić information content (AvgIpc) is 3.19. The molecule has 0 unspecified atom stereocenters. The highest BCUT2D eigenvalue weighted by Gasteiger charge is 2.23. The number of imidazole rings is 1. The molecule has 0 saturated heterocycles. The van der Waals surface area contributed by atoms with E-state index < -0.39 is 4.92 Å². The lowest BCUT2D eigenvalue weighted by Gasteiger charge is -2.10. The van der Waals surface area contributed by atoms with Gasteiger partial charge < -0.3 is 15.2 Å². The third-order valence-corrected chi connectivity index (χ3v) is 3.98. The van der Waals surface area contributed by atoms with Crippen molar-refractivity contribution < 1.29 is 9.72 Å². The zero-order valence-corrected chi connectivity index (χ0v) is 15.2. The van der Waals surface area contributed by atoms with Gasteiger partial charge in [-0.3, -0.25) is 14.9 Å². The van der Waals surface area contributed by atoms with E-state index in [0.717, 1.165) is 13.0 Å². The van der Waals surface area contributed by atoms with E-state index in [1.165, 1.54) is 13.3 Å². The Hall–Kier alpha value is -3.82. The molecule has 10 nitrogen and oxygen atoms in total. The number of ketones is 1. The van der Waals surface area contributed by atoms with E-state index in [-0.39, 0.29) is 23.1 Å². The summed E-state index contributed by atoms with van der Waals surface area (Å²) in [6.07, 6.45) is 7.25. The molecule has 0 aliphatic heterocycles. The molecule has 2 aromatic heterocycles. The summed E-state index contributed by atoms with van der Waals surface area (Å²) < 4.78 is 1.92. The van der Waals surface area contributed by atoms with Crippen LogP contribution in [0, 0.1) is 10.1 Å². The number of nitrogens with one attached hydrogen (secondary N) is 2. The number of hydrogen-bond acceptors (Lipinski definition) is 8. The summed E-state index contributed by atoms with van der Waals surface area (Å²) >= 11 is 0. The predicted octanol–water partition coefficient (Wildman–Crippen LogP) is 3.03. The van der Waals surface area contributed by atoms with Crippen LogP contribution in [0.2, 0.25) is 0 Å². The van der Waals surface area contributed by atoms with Crippen LogP contribution in [0.5, 0.6) is 0 Å². The van der Waals surface area contributed by atoms with E-state index in [1.54, 1.807) is 36.8 Å². The Labute approximate surface area is 160 Å². The fraction of sp³-hybridized carbons (Fsp3) is 0.222. The van der Waals surface area contributed by atoms with Crippen molar-refractivity contribution in [3.05, 3.63) is 65.0 Å². The van der Waals surface area contributed by atoms with E-state index in [0.29, 0.717) is 17.8 Å². The maximum Gasteiger partial charge on any atom is 0.353 e. The zero-order valence-electron chi connectivity index (χ0n) is 15.2. The molecule has 1 aromatic carbocycles. The number of carbonyl (C=O) groups excluding carboxylic acids is 1. The van der Waals surface area contributed by atoms with E-state index in [4.69, 9.17) is 0 Å². The Morgan fingerprint density at radius 2 is 2.11 bits per heavy atom. The smallest absolute Gasteiger partial charge is 0.353 e. The molecule has 0 aliphatic rings. The van der Waals surface area contributed by atoms with Gasteiger partial charge in [0.15, 0.2) is 5.78 Å². The lowest BCUT2D eigenvalue weighted by Crippen LogP contribution is -2.11. The van der Waals surface area contributed by atoms with Gasteiger partial charge in [0, 0.05) is 36.7 Å². The SMILES string of the molecule is CC(=O)c1cccc(Nc2ncnc(NCCCn3ccnc3)c2[N+](=O)[O-])c1. The molecule has 3 aromatic rings. The predicted molar refractivity (Wildman–Crippen MR) is 104 cm³/mol. The minimum absolute atomic E-state index is 0.0535. The highest BCUT2D eigenvalue weighted by atomic mass is 16.6. The molecule has 0 amide bonds. The van der Waals surface area contributed by atoms with Crippen molar-refractivity contribution >= 4 is 28.8 Å². The molecule has 0 radical (unpaired) electrons. The van der Waals surface area contributed by atoms with Crippen LogP contribution >= 0.6 is 0 Å². The first-order chi connectivity index (χ1) is 13.5. The second-order valence-corrected chi connectivity index (χ2v) is 6.02. The highest BCUT2D eigenvalue weighted by molar-refractivity contribution is 5.95. The second kappa shape index (κ2) is 8.71. The molecule has 2 N–H and O–H groups in total. The van der Waals surface area contributed by atoms with Gasteiger partial charge in [0.2, 0.25) is 11.6 Å². The van der Waals surface area contributed by atoms with Crippen molar-refractivity contribution in [1.82, 2.24) is 19.5 Å². The summed E-state index contributed by atoms with van der Waals surface area (Å²) in [4.78, 5) is 34.6. The van der Waals surface area contributed by atoms with Crippen molar-refractivity contribution in [2.45, 2.75) is 19.9 Å². The van der Waals surface area contributed by atoms with Crippen LogP contribution in [0.3, 0.4) is 0 Å². The molecule has 0 aliphatic carbocycles. The van der Waals surface area contributed by atoms with E-state index in [2.05, 4.69) is 25.6 Å². The maximum absolute atomic E-state index is 11.6. The molecule has 0 bridgehead atoms. The fourth-order valence-corrected chi connectivity index (χ4v) is 2.61. The Bertz CT molecular complexity index is 973. The molecule has 0 spiro atoms. The van der Waals surface area contributed by atoms with Gasteiger partial charge in [0.1, 0.15) is 6.33 Å². The Kier molecular flexibility index (Phi) is 5.90. The van der Waals surface area contributed by atoms with Crippen LogP contribution in [0.4, 0.5) is 23.0 Å². The zero-order chi connectivity index (χ0) is 19.9. The third kappa shape index (κ3) is 4.67. The molecule has 0 fully saturated rings. The summed E-state index contributed by atoms with van der Waals surface area (Å²) in [6.45, 7) is 2.68. The van der Waals surface area contributed by atoms with Crippen LogP contribution in [-0.4, -0.2) is 36.8 Å². The number of nitrogens with zero attached hydrogens (tertiary/aromatic N) is 5. The molecule has 0 atom stereocenters. The molecule has 144 valence electrons. The first-order valence-electron chi connectivity index (χ1n) is 8.61. The summed E-state index contributed by atoms with van der Waals surface area (Å²) in [7, 11) is 0.